The zero-order valence-corrected chi connectivity index (χ0v) is 10.6. The fourth-order valence-corrected chi connectivity index (χ4v) is 1.76. The number of H-pyrrole nitrogens is 1. The zero-order valence-electron chi connectivity index (χ0n) is 10.6. The molecular formula is C14H14N4O. The van der Waals surface area contributed by atoms with Gasteiger partial charge in [0.1, 0.15) is 18.8 Å². The van der Waals surface area contributed by atoms with Crippen molar-refractivity contribution in [2.45, 2.75) is 13.5 Å². The molecule has 5 nitrogen and oxygen atoms in total. The van der Waals surface area contributed by atoms with Gasteiger partial charge in [-0.2, -0.15) is 0 Å². The van der Waals surface area contributed by atoms with Gasteiger partial charge in [0.25, 0.3) is 0 Å². The lowest BCUT2D eigenvalue weighted by atomic mass is 10.2. The quantitative estimate of drug-likeness (QED) is 0.778. The third kappa shape index (κ3) is 2.65. The number of imidazole rings is 2. The Morgan fingerprint density at radius 2 is 2.05 bits per heavy atom. The van der Waals surface area contributed by atoms with Gasteiger partial charge in [-0.15, -0.1) is 0 Å². The summed E-state index contributed by atoms with van der Waals surface area (Å²) in [6, 6.07) is 8.23. The van der Waals surface area contributed by atoms with Gasteiger partial charge in [-0.05, 0) is 19.1 Å². The highest BCUT2D eigenvalue weighted by molar-refractivity contribution is 5.35. The van der Waals surface area contributed by atoms with Gasteiger partial charge in [0.2, 0.25) is 5.88 Å². The first-order valence-electron chi connectivity index (χ1n) is 6.03. The third-order valence-corrected chi connectivity index (χ3v) is 2.80. The second kappa shape index (κ2) is 4.97. The fourth-order valence-electron chi connectivity index (χ4n) is 1.76. The molecule has 2 aromatic heterocycles. The molecule has 0 atom stereocenters. The number of hydrogen-bond acceptors (Lipinski definition) is 3. The monoisotopic (exact) mass is 254 g/mol. The summed E-state index contributed by atoms with van der Waals surface area (Å²) in [5, 5.41) is 0. The molecule has 1 N–H and O–H groups in total. The van der Waals surface area contributed by atoms with Crippen LogP contribution in [-0.2, 0) is 6.61 Å². The Morgan fingerprint density at radius 1 is 1.21 bits per heavy atom. The van der Waals surface area contributed by atoms with Gasteiger partial charge in [0.15, 0.2) is 0 Å². The maximum absolute atomic E-state index is 5.55. The number of aryl methyl sites for hydroxylation is 1. The van der Waals surface area contributed by atoms with Gasteiger partial charge < -0.3 is 14.3 Å². The van der Waals surface area contributed by atoms with Gasteiger partial charge in [0.05, 0.1) is 6.20 Å². The highest BCUT2D eigenvalue weighted by Gasteiger charge is 2.03. The summed E-state index contributed by atoms with van der Waals surface area (Å²) in [5.74, 6) is 1.36. The average molecular weight is 254 g/mol. The van der Waals surface area contributed by atoms with Crippen LogP contribution in [0.25, 0.3) is 5.69 Å². The first-order chi connectivity index (χ1) is 9.31. The first kappa shape index (κ1) is 11.5. The molecule has 0 amide bonds. The van der Waals surface area contributed by atoms with E-state index in [1.165, 1.54) is 5.56 Å². The summed E-state index contributed by atoms with van der Waals surface area (Å²) in [4.78, 5) is 11.3. The molecule has 3 rings (SSSR count). The van der Waals surface area contributed by atoms with Crippen molar-refractivity contribution in [2.24, 2.45) is 0 Å². The van der Waals surface area contributed by atoms with Crippen LogP contribution in [0.15, 0.2) is 49.2 Å². The van der Waals surface area contributed by atoms with Crippen LogP contribution in [0.3, 0.4) is 0 Å². The number of aromatic amines is 1. The SMILES string of the molecule is Cc1ccc(-n2cnc(OCc3ncc[nH]3)c2)cc1. The molecule has 0 bridgehead atoms. The van der Waals surface area contributed by atoms with Crippen LogP contribution in [0, 0.1) is 6.92 Å². The van der Waals surface area contributed by atoms with Crippen molar-refractivity contribution in [1.29, 1.82) is 0 Å². The van der Waals surface area contributed by atoms with Crippen LogP contribution in [0.5, 0.6) is 5.88 Å². The Bertz CT molecular complexity index is 640. The van der Waals surface area contributed by atoms with Crippen molar-refractivity contribution in [1.82, 2.24) is 19.5 Å². The molecule has 19 heavy (non-hydrogen) atoms. The minimum absolute atomic E-state index is 0.387. The van der Waals surface area contributed by atoms with Crippen molar-refractivity contribution in [3.05, 3.63) is 60.6 Å². The molecule has 0 aliphatic rings. The van der Waals surface area contributed by atoms with Gasteiger partial charge in [-0.3, -0.25) is 0 Å². The van der Waals surface area contributed by atoms with Gasteiger partial charge in [-0.25, -0.2) is 9.97 Å². The number of aromatic nitrogens is 4. The normalized spacial score (nSPS) is 10.6. The molecule has 96 valence electrons. The van der Waals surface area contributed by atoms with Crippen LogP contribution in [0.2, 0.25) is 0 Å². The predicted molar refractivity (Wildman–Crippen MR) is 71.2 cm³/mol. The van der Waals surface area contributed by atoms with E-state index in [4.69, 9.17) is 4.74 Å². The number of hydrogen-bond donors (Lipinski definition) is 1. The molecule has 2 heterocycles. The number of benzene rings is 1. The first-order valence-corrected chi connectivity index (χ1v) is 6.03. The average Bonchev–Trinajstić information content (AvgIpc) is 3.09. The lowest BCUT2D eigenvalue weighted by molar-refractivity contribution is 0.286. The van der Waals surface area contributed by atoms with E-state index in [1.54, 1.807) is 18.7 Å². The summed E-state index contributed by atoms with van der Waals surface area (Å²) >= 11 is 0. The Kier molecular flexibility index (Phi) is 3.02. The van der Waals surface area contributed by atoms with E-state index >= 15 is 0 Å². The lowest BCUT2D eigenvalue weighted by Crippen LogP contribution is -1.97. The maximum Gasteiger partial charge on any atom is 0.232 e. The predicted octanol–water partition coefficient (Wildman–Crippen LogP) is 2.48. The zero-order chi connectivity index (χ0) is 13.1. The van der Waals surface area contributed by atoms with Crippen molar-refractivity contribution in [3.63, 3.8) is 0 Å². The minimum atomic E-state index is 0.387. The Labute approximate surface area is 110 Å². The van der Waals surface area contributed by atoms with Crippen LogP contribution in [0.1, 0.15) is 11.4 Å². The molecule has 0 spiro atoms. The molecule has 0 saturated carbocycles. The lowest BCUT2D eigenvalue weighted by Gasteiger charge is -2.02. The van der Waals surface area contributed by atoms with Crippen LogP contribution >= 0.6 is 0 Å². The second-order valence-corrected chi connectivity index (χ2v) is 4.28. The molecule has 0 aliphatic carbocycles. The number of ether oxygens (including phenoxy) is 1. The van der Waals surface area contributed by atoms with E-state index in [0.29, 0.717) is 12.5 Å². The van der Waals surface area contributed by atoms with E-state index in [2.05, 4.69) is 34.0 Å². The molecule has 0 radical (unpaired) electrons. The summed E-state index contributed by atoms with van der Waals surface area (Å²) in [7, 11) is 0. The van der Waals surface area contributed by atoms with Gasteiger partial charge in [-0.1, -0.05) is 17.7 Å². The van der Waals surface area contributed by atoms with Crippen molar-refractivity contribution >= 4 is 0 Å². The second-order valence-electron chi connectivity index (χ2n) is 4.28. The van der Waals surface area contributed by atoms with E-state index in [9.17, 15) is 0 Å². The highest BCUT2D eigenvalue weighted by atomic mass is 16.5. The van der Waals surface area contributed by atoms with Crippen LogP contribution < -0.4 is 4.74 Å². The molecular weight excluding hydrogens is 240 g/mol. The Morgan fingerprint density at radius 3 is 2.79 bits per heavy atom. The molecule has 0 saturated heterocycles. The molecule has 3 aromatic rings. The molecule has 0 fully saturated rings. The molecule has 0 aliphatic heterocycles. The summed E-state index contributed by atoms with van der Waals surface area (Å²) in [6.07, 6.45) is 7.06. The van der Waals surface area contributed by atoms with Crippen molar-refractivity contribution < 1.29 is 4.74 Å². The number of nitrogens with zero attached hydrogens (tertiary/aromatic N) is 3. The Hall–Kier alpha value is -2.56. The van der Waals surface area contributed by atoms with E-state index in [1.807, 2.05) is 22.9 Å². The standard InChI is InChI=1S/C14H14N4O/c1-11-2-4-12(5-3-11)18-8-14(17-10-18)19-9-13-15-6-7-16-13/h2-8,10H,9H2,1H3,(H,15,16). The number of rotatable bonds is 4. The van der Waals surface area contributed by atoms with Gasteiger partial charge >= 0.3 is 0 Å². The number of nitrogens with one attached hydrogen (secondary N) is 1. The third-order valence-electron chi connectivity index (χ3n) is 2.80. The van der Waals surface area contributed by atoms with Crippen LogP contribution in [-0.4, -0.2) is 19.5 Å². The van der Waals surface area contributed by atoms with E-state index < -0.39 is 0 Å². The summed E-state index contributed by atoms with van der Waals surface area (Å²) < 4.78 is 7.48. The highest BCUT2D eigenvalue weighted by Crippen LogP contribution is 2.14. The molecule has 5 heteroatoms. The largest absolute Gasteiger partial charge is 0.468 e. The van der Waals surface area contributed by atoms with Crippen LogP contribution in [0.4, 0.5) is 0 Å². The Balaban J connectivity index is 1.70. The van der Waals surface area contributed by atoms with Crippen molar-refractivity contribution in [3.8, 4) is 11.6 Å². The summed E-state index contributed by atoms with van der Waals surface area (Å²) in [5.41, 5.74) is 2.30. The molecule has 0 unspecified atom stereocenters. The smallest absolute Gasteiger partial charge is 0.232 e. The maximum atomic E-state index is 5.55. The van der Waals surface area contributed by atoms with E-state index in [-0.39, 0.29) is 0 Å². The van der Waals surface area contributed by atoms with Crippen molar-refractivity contribution in [2.75, 3.05) is 0 Å². The van der Waals surface area contributed by atoms with Gasteiger partial charge in [0, 0.05) is 18.1 Å². The minimum Gasteiger partial charge on any atom is -0.468 e. The fraction of sp³-hybridized carbons (Fsp3) is 0.143. The summed E-state index contributed by atoms with van der Waals surface area (Å²) in [6.45, 7) is 2.45. The topological polar surface area (TPSA) is 55.7 Å². The van der Waals surface area contributed by atoms with E-state index in [0.717, 1.165) is 11.5 Å². The molecule has 1 aromatic carbocycles.